The molecule has 1 amide bonds. The summed E-state index contributed by atoms with van der Waals surface area (Å²) in [6.45, 7) is 7.09. The molecule has 0 spiro atoms. The van der Waals surface area contributed by atoms with Crippen LogP contribution in [0.2, 0.25) is 0 Å². The molecule has 0 radical (unpaired) electrons. The summed E-state index contributed by atoms with van der Waals surface area (Å²) in [4.78, 5) is 15.0. The molecule has 1 atom stereocenters. The largest absolute Gasteiger partial charge is 0.497 e. The van der Waals surface area contributed by atoms with Gasteiger partial charge < -0.3 is 14.5 Å². The minimum atomic E-state index is -3.71. The van der Waals surface area contributed by atoms with Gasteiger partial charge in [0.2, 0.25) is 5.09 Å². The molecule has 0 saturated carbocycles. The van der Waals surface area contributed by atoms with Gasteiger partial charge in [-0.1, -0.05) is 32.4 Å². The van der Waals surface area contributed by atoms with Crippen molar-refractivity contribution in [2.24, 2.45) is 0 Å². The van der Waals surface area contributed by atoms with Gasteiger partial charge in [-0.25, -0.2) is 8.42 Å². The SMILES string of the molecule is CCN(CC)C(CNC(=O)c1ccc(S(=O)(=O)N2CCCCC2)o1)c1cccc(OC)c1. The number of sulfonamides is 1. The number of furan rings is 1. The molecule has 1 saturated heterocycles. The van der Waals surface area contributed by atoms with Crippen molar-refractivity contribution in [3.05, 3.63) is 47.7 Å². The van der Waals surface area contributed by atoms with Gasteiger partial charge >= 0.3 is 0 Å². The van der Waals surface area contributed by atoms with Crippen LogP contribution >= 0.6 is 0 Å². The van der Waals surface area contributed by atoms with Crippen LogP contribution in [0, 0.1) is 0 Å². The van der Waals surface area contributed by atoms with E-state index in [4.69, 9.17) is 9.15 Å². The lowest BCUT2D eigenvalue weighted by Crippen LogP contribution is -2.38. The predicted octanol–water partition coefficient (Wildman–Crippen LogP) is 3.28. The zero-order chi connectivity index (χ0) is 23.1. The van der Waals surface area contributed by atoms with E-state index in [1.54, 1.807) is 7.11 Å². The standard InChI is InChI=1S/C23H33N3O5S/c1-4-25(5-2)20(18-10-9-11-19(16-18)30-3)17-24-23(27)21-12-13-22(31-21)32(28,29)26-14-7-6-8-15-26/h9-13,16,20H,4-8,14-15,17H2,1-3H3,(H,24,27). The number of nitrogens with one attached hydrogen (secondary N) is 1. The van der Waals surface area contributed by atoms with Gasteiger partial charge in [0.15, 0.2) is 5.76 Å². The summed E-state index contributed by atoms with van der Waals surface area (Å²) < 4.78 is 37.8. The maximum atomic E-state index is 12.8. The normalized spacial score (nSPS) is 16.1. The third-order valence-corrected chi connectivity index (χ3v) is 7.67. The Morgan fingerprint density at radius 3 is 2.53 bits per heavy atom. The lowest BCUT2D eigenvalue weighted by Gasteiger charge is -2.30. The lowest BCUT2D eigenvalue weighted by molar-refractivity contribution is 0.0901. The van der Waals surface area contributed by atoms with Crippen LogP contribution in [0.3, 0.4) is 0 Å². The Kier molecular flexibility index (Phi) is 8.33. The number of amides is 1. The molecule has 1 N–H and O–H groups in total. The number of carbonyl (C=O) groups is 1. The summed E-state index contributed by atoms with van der Waals surface area (Å²) in [6, 6.07) is 10.5. The highest BCUT2D eigenvalue weighted by Gasteiger charge is 2.30. The summed E-state index contributed by atoms with van der Waals surface area (Å²) in [6.07, 6.45) is 2.70. The molecule has 2 heterocycles. The summed E-state index contributed by atoms with van der Waals surface area (Å²) in [7, 11) is -2.09. The second-order valence-corrected chi connectivity index (χ2v) is 9.68. The van der Waals surface area contributed by atoms with Crippen LogP contribution in [-0.4, -0.2) is 63.4 Å². The molecule has 0 bridgehead atoms. The molecule has 1 aliphatic rings. The zero-order valence-corrected chi connectivity index (χ0v) is 19.9. The quantitative estimate of drug-likeness (QED) is 0.581. The van der Waals surface area contributed by atoms with E-state index in [0.29, 0.717) is 19.6 Å². The monoisotopic (exact) mass is 463 g/mol. The highest BCUT2D eigenvalue weighted by atomic mass is 32.2. The van der Waals surface area contributed by atoms with E-state index in [1.165, 1.54) is 16.4 Å². The van der Waals surface area contributed by atoms with Gasteiger partial charge in [0.25, 0.3) is 15.9 Å². The van der Waals surface area contributed by atoms with Gasteiger partial charge in [0, 0.05) is 19.6 Å². The van der Waals surface area contributed by atoms with Crippen LogP contribution in [0.1, 0.15) is 55.3 Å². The fraction of sp³-hybridized carbons (Fsp3) is 0.522. The van der Waals surface area contributed by atoms with Crippen LogP contribution in [0.25, 0.3) is 0 Å². The van der Waals surface area contributed by atoms with E-state index in [0.717, 1.165) is 43.7 Å². The number of nitrogens with zero attached hydrogens (tertiary/aromatic N) is 2. The smallest absolute Gasteiger partial charge is 0.287 e. The number of benzene rings is 1. The Bertz CT molecular complexity index is 995. The van der Waals surface area contributed by atoms with Crippen LogP contribution in [0.15, 0.2) is 45.9 Å². The average molecular weight is 464 g/mol. The number of ether oxygens (including phenoxy) is 1. The molecular weight excluding hydrogens is 430 g/mol. The molecular formula is C23H33N3O5S. The Labute approximate surface area is 190 Å². The van der Waals surface area contributed by atoms with Gasteiger partial charge in [-0.15, -0.1) is 0 Å². The second-order valence-electron chi connectivity index (χ2n) is 7.81. The van der Waals surface area contributed by atoms with E-state index in [2.05, 4.69) is 24.1 Å². The van der Waals surface area contributed by atoms with Crippen LogP contribution in [0.4, 0.5) is 0 Å². The third kappa shape index (κ3) is 5.51. The number of hydrogen-bond donors (Lipinski definition) is 1. The first-order chi connectivity index (χ1) is 15.4. The number of likely N-dealkylation sites (N-methyl/N-ethyl adjacent to an activating group) is 1. The Morgan fingerprint density at radius 2 is 1.88 bits per heavy atom. The van der Waals surface area contributed by atoms with E-state index in [9.17, 15) is 13.2 Å². The maximum absolute atomic E-state index is 12.8. The van der Waals surface area contributed by atoms with Gasteiger partial charge in [-0.3, -0.25) is 9.69 Å². The lowest BCUT2D eigenvalue weighted by atomic mass is 10.0. The van der Waals surface area contributed by atoms with Crippen LogP contribution in [0.5, 0.6) is 5.75 Å². The van der Waals surface area contributed by atoms with Gasteiger partial charge in [-0.2, -0.15) is 4.31 Å². The van der Waals surface area contributed by atoms with E-state index in [1.807, 2.05) is 24.3 Å². The zero-order valence-electron chi connectivity index (χ0n) is 19.0. The molecule has 8 nitrogen and oxygen atoms in total. The van der Waals surface area contributed by atoms with Crippen molar-refractivity contribution < 1.29 is 22.4 Å². The van der Waals surface area contributed by atoms with Gasteiger partial charge in [-0.05, 0) is 55.8 Å². The number of rotatable bonds is 10. The summed E-state index contributed by atoms with van der Waals surface area (Å²) in [5.74, 6) is 0.305. The fourth-order valence-electron chi connectivity index (χ4n) is 4.06. The van der Waals surface area contributed by atoms with Crippen molar-refractivity contribution in [3.63, 3.8) is 0 Å². The molecule has 3 rings (SSSR count). The number of hydrogen-bond acceptors (Lipinski definition) is 6. The molecule has 1 aromatic carbocycles. The molecule has 1 aliphatic heterocycles. The van der Waals surface area contributed by atoms with Gasteiger partial charge in [0.1, 0.15) is 5.75 Å². The minimum absolute atomic E-state index is 0.00970. The molecule has 2 aromatic rings. The molecule has 1 unspecified atom stereocenters. The van der Waals surface area contributed by atoms with Crippen molar-refractivity contribution in [3.8, 4) is 5.75 Å². The van der Waals surface area contributed by atoms with E-state index >= 15 is 0 Å². The first-order valence-electron chi connectivity index (χ1n) is 11.2. The first kappa shape index (κ1) is 24.3. The molecule has 1 fully saturated rings. The van der Waals surface area contributed by atoms with Crippen LogP contribution in [-0.2, 0) is 10.0 Å². The Hall–Kier alpha value is -2.36. The van der Waals surface area contributed by atoms with Crippen molar-refractivity contribution in [2.75, 3.05) is 39.8 Å². The molecule has 32 heavy (non-hydrogen) atoms. The minimum Gasteiger partial charge on any atom is -0.497 e. The average Bonchev–Trinajstić information content (AvgIpc) is 3.33. The van der Waals surface area contributed by atoms with Gasteiger partial charge in [0.05, 0.1) is 13.2 Å². The van der Waals surface area contributed by atoms with Crippen molar-refractivity contribution in [1.29, 1.82) is 0 Å². The molecule has 176 valence electrons. The maximum Gasteiger partial charge on any atom is 0.287 e. The topological polar surface area (TPSA) is 92.1 Å². The van der Waals surface area contributed by atoms with E-state index < -0.39 is 15.9 Å². The number of carbonyl (C=O) groups excluding carboxylic acids is 1. The first-order valence-corrected chi connectivity index (χ1v) is 12.6. The second kappa shape index (κ2) is 11.0. The molecule has 9 heteroatoms. The highest BCUT2D eigenvalue weighted by Crippen LogP contribution is 2.25. The van der Waals surface area contributed by atoms with Crippen molar-refractivity contribution >= 4 is 15.9 Å². The molecule has 0 aliphatic carbocycles. The summed E-state index contributed by atoms with van der Waals surface area (Å²) in [5, 5.41) is 2.72. The van der Waals surface area contributed by atoms with Crippen molar-refractivity contribution in [2.45, 2.75) is 44.2 Å². The highest BCUT2D eigenvalue weighted by molar-refractivity contribution is 7.89. The summed E-state index contributed by atoms with van der Waals surface area (Å²) in [5.41, 5.74) is 1.03. The van der Waals surface area contributed by atoms with Crippen LogP contribution < -0.4 is 10.1 Å². The Morgan fingerprint density at radius 1 is 1.16 bits per heavy atom. The molecule has 1 aromatic heterocycles. The number of methoxy groups -OCH3 is 1. The summed E-state index contributed by atoms with van der Waals surface area (Å²) >= 11 is 0. The predicted molar refractivity (Wildman–Crippen MR) is 122 cm³/mol. The number of piperidine rings is 1. The fourth-order valence-corrected chi connectivity index (χ4v) is 5.49. The van der Waals surface area contributed by atoms with Crippen molar-refractivity contribution in [1.82, 2.24) is 14.5 Å². The third-order valence-electron chi connectivity index (χ3n) is 5.90. The van der Waals surface area contributed by atoms with E-state index in [-0.39, 0.29) is 16.9 Å². The Balaban J connectivity index is 1.72.